The molecule has 0 spiro atoms. The number of ether oxygens (including phenoxy) is 2. The molecule has 6 nitrogen and oxygen atoms in total. The number of methoxy groups -OCH3 is 1. The summed E-state index contributed by atoms with van der Waals surface area (Å²) in [5.41, 5.74) is 2.62. The first-order valence-corrected chi connectivity index (χ1v) is 10.1. The summed E-state index contributed by atoms with van der Waals surface area (Å²) in [4.78, 5) is 7.26. The molecule has 0 amide bonds. The van der Waals surface area contributed by atoms with Gasteiger partial charge in [0.2, 0.25) is 0 Å². The van der Waals surface area contributed by atoms with Gasteiger partial charge in [0.1, 0.15) is 0 Å². The average molecular weight is 377 g/mol. The molecule has 0 radical (unpaired) electrons. The highest BCUT2D eigenvalue weighted by molar-refractivity contribution is 5.79. The van der Waals surface area contributed by atoms with Crippen LogP contribution in [0.5, 0.6) is 0 Å². The van der Waals surface area contributed by atoms with Crippen LogP contribution in [0.3, 0.4) is 0 Å². The quantitative estimate of drug-likeness (QED) is 0.394. The second-order valence-corrected chi connectivity index (χ2v) is 7.19. The summed E-state index contributed by atoms with van der Waals surface area (Å²) in [7, 11) is 1.73. The first-order chi connectivity index (χ1) is 13.1. The molecule has 2 atom stereocenters. The standard InChI is InChI=1S/C21H36N4O2/c1-5-22-21(23-11-8-12-26-4)24-13-19-9-6-7-10-20(19)16-25-14-17(2)27-18(3)15-25/h6-7,9-10,17-18H,5,8,11-16H2,1-4H3,(H2,22,23,24). The molecule has 27 heavy (non-hydrogen) atoms. The van der Waals surface area contributed by atoms with Crippen LogP contribution in [0.1, 0.15) is 38.3 Å². The fourth-order valence-corrected chi connectivity index (χ4v) is 3.45. The first kappa shape index (κ1) is 21.7. The smallest absolute Gasteiger partial charge is 0.191 e. The lowest BCUT2D eigenvalue weighted by molar-refractivity contribution is -0.0705. The Kier molecular flexibility index (Phi) is 9.59. The van der Waals surface area contributed by atoms with E-state index < -0.39 is 0 Å². The zero-order chi connectivity index (χ0) is 19.5. The fourth-order valence-electron chi connectivity index (χ4n) is 3.45. The third-order valence-corrected chi connectivity index (χ3v) is 4.58. The minimum absolute atomic E-state index is 0.288. The largest absolute Gasteiger partial charge is 0.385 e. The van der Waals surface area contributed by atoms with Crippen molar-refractivity contribution < 1.29 is 9.47 Å². The van der Waals surface area contributed by atoms with Gasteiger partial charge in [-0.15, -0.1) is 0 Å². The number of aliphatic imine (C=N–C) groups is 1. The molecule has 0 bridgehead atoms. The van der Waals surface area contributed by atoms with Crippen molar-refractivity contribution in [3.63, 3.8) is 0 Å². The lowest BCUT2D eigenvalue weighted by Crippen LogP contribution is -2.44. The van der Waals surface area contributed by atoms with E-state index in [0.717, 1.165) is 51.7 Å². The molecule has 0 aromatic heterocycles. The second-order valence-electron chi connectivity index (χ2n) is 7.19. The maximum Gasteiger partial charge on any atom is 0.191 e. The van der Waals surface area contributed by atoms with Gasteiger partial charge in [0.05, 0.1) is 18.8 Å². The van der Waals surface area contributed by atoms with Crippen molar-refractivity contribution >= 4 is 5.96 Å². The molecule has 152 valence electrons. The minimum Gasteiger partial charge on any atom is -0.385 e. The molecule has 1 saturated heterocycles. The van der Waals surface area contributed by atoms with Crippen molar-refractivity contribution in [2.45, 2.75) is 52.5 Å². The van der Waals surface area contributed by atoms with Crippen molar-refractivity contribution in [1.29, 1.82) is 0 Å². The number of rotatable bonds is 9. The Balaban J connectivity index is 1.98. The fraction of sp³-hybridized carbons (Fsp3) is 0.667. The minimum atomic E-state index is 0.288. The Morgan fingerprint density at radius 3 is 2.56 bits per heavy atom. The Morgan fingerprint density at radius 2 is 1.89 bits per heavy atom. The third-order valence-electron chi connectivity index (χ3n) is 4.58. The van der Waals surface area contributed by atoms with Crippen molar-refractivity contribution in [2.75, 3.05) is 39.9 Å². The molecule has 1 aliphatic heterocycles. The van der Waals surface area contributed by atoms with Gasteiger partial charge in [0.25, 0.3) is 0 Å². The number of hydrogen-bond acceptors (Lipinski definition) is 4. The van der Waals surface area contributed by atoms with Gasteiger partial charge in [-0.2, -0.15) is 0 Å². The van der Waals surface area contributed by atoms with Crippen LogP contribution in [0.2, 0.25) is 0 Å². The van der Waals surface area contributed by atoms with Crippen LogP contribution >= 0.6 is 0 Å². The Hall–Kier alpha value is -1.63. The van der Waals surface area contributed by atoms with E-state index in [1.54, 1.807) is 7.11 Å². The molecule has 2 unspecified atom stereocenters. The van der Waals surface area contributed by atoms with Crippen LogP contribution in [-0.2, 0) is 22.6 Å². The summed E-state index contributed by atoms with van der Waals surface area (Å²) in [6, 6.07) is 8.61. The number of benzene rings is 1. The molecular weight excluding hydrogens is 340 g/mol. The van der Waals surface area contributed by atoms with Gasteiger partial charge in [-0.1, -0.05) is 24.3 Å². The van der Waals surface area contributed by atoms with Gasteiger partial charge in [-0.3, -0.25) is 4.90 Å². The van der Waals surface area contributed by atoms with E-state index in [1.807, 2.05) is 0 Å². The van der Waals surface area contributed by atoms with Gasteiger partial charge in [0.15, 0.2) is 5.96 Å². The third kappa shape index (κ3) is 7.87. The molecule has 1 aromatic rings. The highest BCUT2D eigenvalue weighted by Crippen LogP contribution is 2.17. The van der Waals surface area contributed by atoms with E-state index in [1.165, 1.54) is 11.1 Å². The summed E-state index contributed by atoms with van der Waals surface area (Å²) >= 11 is 0. The zero-order valence-corrected chi connectivity index (χ0v) is 17.3. The molecule has 0 saturated carbocycles. The monoisotopic (exact) mass is 376 g/mol. The lowest BCUT2D eigenvalue weighted by atomic mass is 10.1. The topological polar surface area (TPSA) is 58.1 Å². The Bertz CT molecular complexity index is 569. The number of morpholine rings is 1. The molecule has 1 aliphatic rings. The van der Waals surface area contributed by atoms with E-state index in [2.05, 4.69) is 60.6 Å². The van der Waals surface area contributed by atoms with Crippen LogP contribution in [-0.4, -0.2) is 63.0 Å². The summed E-state index contributed by atoms with van der Waals surface area (Å²) in [6.07, 6.45) is 1.54. The normalized spacial score (nSPS) is 21.3. The van der Waals surface area contributed by atoms with Crippen molar-refractivity contribution in [3.8, 4) is 0 Å². The molecule has 1 fully saturated rings. The van der Waals surface area contributed by atoms with E-state index in [4.69, 9.17) is 14.5 Å². The van der Waals surface area contributed by atoms with Crippen LogP contribution in [0.25, 0.3) is 0 Å². The Labute approximate surface area is 164 Å². The maximum absolute atomic E-state index is 5.86. The van der Waals surface area contributed by atoms with E-state index >= 15 is 0 Å². The SMILES string of the molecule is CCNC(=NCc1ccccc1CN1CC(C)OC(C)C1)NCCCOC. The van der Waals surface area contributed by atoms with Crippen molar-refractivity contribution in [1.82, 2.24) is 15.5 Å². The summed E-state index contributed by atoms with van der Waals surface area (Å²) in [5, 5.41) is 6.68. The zero-order valence-electron chi connectivity index (χ0n) is 17.3. The van der Waals surface area contributed by atoms with Crippen molar-refractivity contribution in [3.05, 3.63) is 35.4 Å². The maximum atomic E-state index is 5.86. The molecule has 1 aromatic carbocycles. The van der Waals surface area contributed by atoms with E-state index in [0.29, 0.717) is 6.54 Å². The summed E-state index contributed by atoms with van der Waals surface area (Å²) in [5.74, 6) is 0.858. The van der Waals surface area contributed by atoms with Crippen LogP contribution in [0, 0.1) is 0 Å². The predicted molar refractivity (Wildman–Crippen MR) is 111 cm³/mol. The number of nitrogens with one attached hydrogen (secondary N) is 2. The van der Waals surface area contributed by atoms with Gasteiger partial charge in [0, 0.05) is 46.4 Å². The molecular formula is C21H36N4O2. The van der Waals surface area contributed by atoms with Gasteiger partial charge in [-0.05, 0) is 38.3 Å². The lowest BCUT2D eigenvalue weighted by Gasteiger charge is -2.35. The highest BCUT2D eigenvalue weighted by atomic mass is 16.5. The number of guanidine groups is 1. The average Bonchev–Trinajstić information content (AvgIpc) is 2.63. The first-order valence-electron chi connectivity index (χ1n) is 10.1. The summed E-state index contributed by atoms with van der Waals surface area (Å²) in [6.45, 7) is 12.4. The van der Waals surface area contributed by atoms with E-state index in [9.17, 15) is 0 Å². The molecule has 0 aliphatic carbocycles. The second kappa shape index (κ2) is 12.0. The van der Waals surface area contributed by atoms with Crippen LogP contribution in [0.4, 0.5) is 0 Å². The van der Waals surface area contributed by atoms with Crippen molar-refractivity contribution in [2.24, 2.45) is 4.99 Å². The number of hydrogen-bond donors (Lipinski definition) is 2. The van der Waals surface area contributed by atoms with Gasteiger partial charge in [-0.25, -0.2) is 4.99 Å². The highest BCUT2D eigenvalue weighted by Gasteiger charge is 2.22. The Morgan fingerprint density at radius 1 is 1.19 bits per heavy atom. The molecule has 2 rings (SSSR count). The predicted octanol–water partition coefficient (Wildman–Crippen LogP) is 2.39. The molecule has 6 heteroatoms. The van der Waals surface area contributed by atoms with Crippen LogP contribution in [0.15, 0.2) is 29.3 Å². The van der Waals surface area contributed by atoms with E-state index in [-0.39, 0.29) is 12.2 Å². The van der Waals surface area contributed by atoms with Crippen LogP contribution < -0.4 is 10.6 Å². The molecule has 1 heterocycles. The number of nitrogens with zero attached hydrogens (tertiary/aromatic N) is 2. The molecule has 2 N–H and O–H groups in total. The van der Waals surface area contributed by atoms with Gasteiger partial charge < -0.3 is 20.1 Å². The summed E-state index contributed by atoms with van der Waals surface area (Å²) < 4.78 is 11.0. The van der Waals surface area contributed by atoms with Gasteiger partial charge >= 0.3 is 0 Å².